The molecule has 3 aliphatic rings. The van der Waals surface area contributed by atoms with Crippen LogP contribution < -0.4 is 5.32 Å². The molecule has 4 amide bonds. The summed E-state index contributed by atoms with van der Waals surface area (Å²) < 4.78 is 5.77. The smallest absolute Gasteiger partial charge is 0.325 e. The molecule has 4 rings (SSSR count). The van der Waals surface area contributed by atoms with Crippen LogP contribution in [0.4, 0.5) is 4.79 Å². The number of rotatable bonds is 6. The Bertz CT molecular complexity index is 1040. The summed E-state index contributed by atoms with van der Waals surface area (Å²) in [6.07, 6.45) is 3.77. The quantitative estimate of drug-likeness (QED) is 0.617. The third-order valence-corrected chi connectivity index (χ3v) is 8.13. The molecular weight excluding hydrogens is 456 g/mol. The van der Waals surface area contributed by atoms with Gasteiger partial charge in [-0.25, -0.2) is 9.78 Å². The number of aryl methyl sites for hydroxylation is 1. The lowest BCUT2D eigenvalue weighted by molar-refractivity contribution is -0.140. The molecule has 10 heteroatoms. The molecule has 184 valence electrons. The van der Waals surface area contributed by atoms with Crippen LogP contribution in [-0.4, -0.2) is 69.2 Å². The molecule has 3 aliphatic heterocycles. The third kappa shape index (κ3) is 4.47. The molecule has 0 spiro atoms. The summed E-state index contributed by atoms with van der Waals surface area (Å²) in [5.74, 6) is -0.592. The third-order valence-electron chi connectivity index (χ3n) is 7.14. The van der Waals surface area contributed by atoms with E-state index in [0.29, 0.717) is 45.3 Å². The Balaban J connectivity index is 1.41. The van der Waals surface area contributed by atoms with E-state index in [1.807, 2.05) is 13.8 Å². The van der Waals surface area contributed by atoms with E-state index in [0.717, 1.165) is 10.6 Å². The summed E-state index contributed by atoms with van der Waals surface area (Å²) in [5.41, 5.74) is 1.04. The minimum Gasteiger partial charge on any atom is -0.481 e. The van der Waals surface area contributed by atoms with Gasteiger partial charge in [0.15, 0.2) is 11.5 Å². The molecule has 2 saturated heterocycles. The predicted molar refractivity (Wildman–Crippen MR) is 126 cm³/mol. The fourth-order valence-corrected chi connectivity index (χ4v) is 6.02. The van der Waals surface area contributed by atoms with Crippen molar-refractivity contribution in [2.45, 2.75) is 70.9 Å². The van der Waals surface area contributed by atoms with Crippen molar-refractivity contribution >= 4 is 35.0 Å². The van der Waals surface area contributed by atoms with E-state index < -0.39 is 11.1 Å². The predicted octanol–water partition coefficient (Wildman–Crippen LogP) is 2.59. The second-order valence-electron chi connectivity index (χ2n) is 9.90. The summed E-state index contributed by atoms with van der Waals surface area (Å²) >= 11 is 1.53. The zero-order chi connectivity index (χ0) is 24.7. The second-order valence-corrected chi connectivity index (χ2v) is 10.8. The number of hydrogen-bond donors (Lipinski definition) is 1. The van der Waals surface area contributed by atoms with E-state index in [1.165, 1.54) is 22.3 Å². The molecule has 0 bridgehead atoms. The van der Waals surface area contributed by atoms with Crippen LogP contribution in [0.1, 0.15) is 57.0 Å². The average Bonchev–Trinajstić information content (AvgIpc) is 3.30. The second kappa shape index (κ2) is 9.13. The number of urea groups is 1. The zero-order valence-electron chi connectivity index (χ0n) is 20.2. The van der Waals surface area contributed by atoms with Gasteiger partial charge in [0.1, 0.15) is 11.1 Å². The highest BCUT2D eigenvalue weighted by atomic mass is 32.1. The van der Waals surface area contributed by atoms with Crippen molar-refractivity contribution in [3.8, 4) is 0 Å². The maximum atomic E-state index is 13.5. The number of ether oxygens (including phenoxy) is 1. The number of piperidine rings is 1. The lowest BCUT2D eigenvalue weighted by Gasteiger charge is -2.41. The number of hydrogen-bond acceptors (Lipinski definition) is 7. The van der Waals surface area contributed by atoms with Crippen molar-refractivity contribution in [1.29, 1.82) is 0 Å². The van der Waals surface area contributed by atoms with Crippen LogP contribution in [0.25, 0.3) is 0 Å². The fourth-order valence-electron chi connectivity index (χ4n) is 5.25. The Morgan fingerprint density at radius 1 is 1.26 bits per heavy atom. The van der Waals surface area contributed by atoms with Gasteiger partial charge in [-0.15, -0.1) is 11.3 Å². The molecule has 0 aliphatic carbocycles. The minimum absolute atomic E-state index is 0.0764. The molecule has 0 saturated carbocycles. The molecule has 0 aromatic carbocycles. The number of ketones is 1. The summed E-state index contributed by atoms with van der Waals surface area (Å²) in [6, 6.07) is -0.353. The van der Waals surface area contributed by atoms with Crippen LogP contribution in [0.15, 0.2) is 17.3 Å². The van der Waals surface area contributed by atoms with Gasteiger partial charge in [0.05, 0.1) is 11.2 Å². The number of carbonyl (C=O) groups is 4. The first-order chi connectivity index (χ1) is 16.1. The molecule has 9 nitrogen and oxygen atoms in total. The Labute approximate surface area is 203 Å². The van der Waals surface area contributed by atoms with E-state index >= 15 is 0 Å². The van der Waals surface area contributed by atoms with Gasteiger partial charge >= 0.3 is 6.03 Å². The number of aromatic nitrogens is 1. The first kappa shape index (κ1) is 24.4. The average molecular weight is 489 g/mol. The van der Waals surface area contributed by atoms with Gasteiger partial charge < -0.3 is 15.0 Å². The number of amides is 4. The molecule has 34 heavy (non-hydrogen) atoms. The number of allylic oxidation sites excluding steroid dienone is 1. The normalized spacial score (nSPS) is 25.3. The Morgan fingerprint density at radius 2 is 1.97 bits per heavy atom. The van der Waals surface area contributed by atoms with Crippen molar-refractivity contribution in [2.75, 3.05) is 19.6 Å². The molecule has 1 unspecified atom stereocenters. The van der Waals surface area contributed by atoms with Gasteiger partial charge in [-0.1, -0.05) is 6.92 Å². The van der Waals surface area contributed by atoms with Gasteiger partial charge in [0.2, 0.25) is 0 Å². The molecule has 1 aromatic heterocycles. The van der Waals surface area contributed by atoms with Crippen molar-refractivity contribution in [3.05, 3.63) is 27.9 Å². The number of thiazole rings is 1. The SMILES string of the molecule is CCC1(C2CCN(C(=O)C3=CC(=O)CC(C)(C)O3)CC2)NC(=O)N(CCc2scnc2C)C1=O. The summed E-state index contributed by atoms with van der Waals surface area (Å²) in [6.45, 7) is 8.61. The van der Waals surface area contributed by atoms with Gasteiger partial charge in [0, 0.05) is 43.4 Å². The number of nitrogens with zero attached hydrogens (tertiary/aromatic N) is 3. The molecule has 1 aromatic rings. The molecular formula is C24H32N4O5S. The maximum Gasteiger partial charge on any atom is 0.325 e. The Hall–Kier alpha value is -2.75. The Morgan fingerprint density at radius 3 is 2.56 bits per heavy atom. The Kier molecular flexibility index (Phi) is 6.54. The summed E-state index contributed by atoms with van der Waals surface area (Å²) in [7, 11) is 0. The van der Waals surface area contributed by atoms with Crippen LogP contribution in [0.5, 0.6) is 0 Å². The highest BCUT2D eigenvalue weighted by molar-refractivity contribution is 7.09. The van der Waals surface area contributed by atoms with Gasteiger partial charge in [-0.05, 0) is 46.0 Å². The standard InChI is InChI=1S/C24H32N4O5S/c1-5-24(21(31)28(22(32)26-24)11-8-19-15(2)25-14-34-19)16-6-9-27(10-7-16)20(30)18-12-17(29)13-23(3,4)33-18/h12,14,16H,5-11,13H2,1-4H3,(H,26,32). The van der Waals surface area contributed by atoms with E-state index in [4.69, 9.17) is 4.74 Å². The number of imide groups is 1. The lowest BCUT2D eigenvalue weighted by Crippen LogP contribution is -2.56. The van der Waals surface area contributed by atoms with Crippen molar-refractivity contribution < 1.29 is 23.9 Å². The zero-order valence-corrected chi connectivity index (χ0v) is 21.0. The van der Waals surface area contributed by atoms with Crippen LogP contribution in [-0.2, 0) is 25.5 Å². The van der Waals surface area contributed by atoms with Gasteiger partial charge in [0.25, 0.3) is 11.8 Å². The first-order valence-corrected chi connectivity index (χ1v) is 12.7. The van der Waals surface area contributed by atoms with E-state index in [-0.39, 0.29) is 41.7 Å². The molecule has 2 fully saturated rings. The van der Waals surface area contributed by atoms with E-state index in [2.05, 4.69) is 10.3 Å². The summed E-state index contributed by atoms with van der Waals surface area (Å²) in [5, 5.41) is 3.00. The number of likely N-dealkylation sites (tertiary alicyclic amines) is 1. The molecule has 0 radical (unpaired) electrons. The van der Waals surface area contributed by atoms with Gasteiger partial charge in [-0.3, -0.25) is 19.3 Å². The fraction of sp³-hybridized carbons (Fsp3) is 0.625. The van der Waals surface area contributed by atoms with Crippen LogP contribution in [0.3, 0.4) is 0 Å². The van der Waals surface area contributed by atoms with E-state index in [9.17, 15) is 19.2 Å². The summed E-state index contributed by atoms with van der Waals surface area (Å²) in [4.78, 5) is 59.6. The minimum atomic E-state index is -0.951. The highest BCUT2D eigenvalue weighted by Crippen LogP contribution is 2.37. The number of nitrogens with one attached hydrogen (secondary N) is 1. The topological polar surface area (TPSA) is 109 Å². The highest BCUT2D eigenvalue weighted by Gasteiger charge is 2.55. The van der Waals surface area contributed by atoms with Crippen molar-refractivity contribution in [3.63, 3.8) is 0 Å². The number of carbonyl (C=O) groups excluding carboxylic acids is 4. The molecule has 1 atom stereocenters. The monoisotopic (exact) mass is 488 g/mol. The lowest BCUT2D eigenvalue weighted by atomic mass is 9.75. The largest absolute Gasteiger partial charge is 0.481 e. The van der Waals surface area contributed by atoms with Crippen LogP contribution in [0, 0.1) is 12.8 Å². The first-order valence-electron chi connectivity index (χ1n) is 11.8. The molecule has 4 heterocycles. The van der Waals surface area contributed by atoms with Crippen LogP contribution in [0.2, 0.25) is 0 Å². The molecule has 1 N–H and O–H groups in total. The van der Waals surface area contributed by atoms with Crippen molar-refractivity contribution in [1.82, 2.24) is 20.1 Å². The van der Waals surface area contributed by atoms with Crippen molar-refractivity contribution in [2.24, 2.45) is 5.92 Å². The van der Waals surface area contributed by atoms with Gasteiger partial charge in [-0.2, -0.15) is 0 Å². The van der Waals surface area contributed by atoms with E-state index in [1.54, 1.807) is 24.3 Å². The maximum absolute atomic E-state index is 13.5. The van der Waals surface area contributed by atoms with Crippen LogP contribution >= 0.6 is 11.3 Å².